The molecule has 6 nitrogen and oxygen atoms in total. The molecule has 1 amide bonds. The zero-order chi connectivity index (χ0) is 17.3. The maximum atomic E-state index is 13.0. The molecular weight excluding hydrogens is 311 g/mol. The second-order valence-corrected chi connectivity index (χ2v) is 6.05. The highest BCUT2D eigenvalue weighted by molar-refractivity contribution is 5.84. The van der Waals surface area contributed by atoms with E-state index in [1.54, 1.807) is 19.1 Å². The zero-order valence-corrected chi connectivity index (χ0v) is 13.3. The van der Waals surface area contributed by atoms with Crippen molar-refractivity contribution in [3.8, 4) is 17.5 Å². The minimum absolute atomic E-state index is 0.289. The van der Waals surface area contributed by atoms with E-state index in [4.69, 9.17) is 10.2 Å². The van der Waals surface area contributed by atoms with E-state index in [-0.39, 0.29) is 12.4 Å². The molecule has 3 rings (SSSR count). The number of oxazole rings is 1. The fourth-order valence-electron chi connectivity index (χ4n) is 2.87. The number of carbonyl (C=O) groups excluding carboxylic acids is 1. The van der Waals surface area contributed by atoms with Crippen LogP contribution in [0.15, 0.2) is 28.7 Å². The quantitative estimate of drug-likeness (QED) is 0.926. The van der Waals surface area contributed by atoms with Crippen LogP contribution in [0.3, 0.4) is 0 Å². The Morgan fingerprint density at radius 2 is 2.21 bits per heavy atom. The summed E-state index contributed by atoms with van der Waals surface area (Å²) in [6.45, 7) is 3.15. The number of nitrogens with zero attached hydrogens (tertiary/aromatic N) is 3. The SMILES string of the molecule is Cc1oc(-c2ccc(F)cc2)nc1CN1CCC(C#N)(C(N)=O)C1. The Bertz CT molecular complexity index is 809. The van der Waals surface area contributed by atoms with Gasteiger partial charge in [0.2, 0.25) is 11.8 Å². The number of likely N-dealkylation sites (tertiary alicyclic amines) is 1. The molecule has 2 heterocycles. The van der Waals surface area contributed by atoms with Crippen LogP contribution in [0.25, 0.3) is 11.5 Å². The number of aryl methyl sites for hydroxylation is 1. The van der Waals surface area contributed by atoms with Gasteiger partial charge in [-0.05, 0) is 37.6 Å². The molecule has 0 radical (unpaired) electrons. The van der Waals surface area contributed by atoms with Crippen molar-refractivity contribution in [2.24, 2.45) is 11.1 Å². The van der Waals surface area contributed by atoms with E-state index < -0.39 is 11.3 Å². The molecule has 1 saturated heterocycles. The van der Waals surface area contributed by atoms with Crippen molar-refractivity contribution in [2.75, 3.05) is 13.1 Å². The number of hydrogen-bond donors (Lipinski definition) is 1. The van der Waals surface area contributed by atoms with Crippen LogP contribution in [0.5, 0.6) is 0 Å². The Labute approximate surface area is 138 Å². The van der Waals surface area contributed by atoms with Gasteiger partial charge in [0.25, 0.3) is 0 Å². The third kappa shape index (κ3) is 2.88. The molecule has 1 aromatic carbocycles. The van der Waals surface area contributed by atoms with Gasteiger partial charge in [-0.15, -0.1) is 0 Å². The van der Waals surface area contributed by atoms with Gasteiger partial charge >= 0.3 is 0 Å². The predicted octanol–water partition coefficient (Wildman–Crippen LogP) is 1.99. The maximum Gasteiger partial charge on any atom is 0.239 e. The van der Waals surface area contributed by atoms with Crippen molar-refractivity contribution in [3.63, 3.8) is 0 Å². The average molecular weight is 328 g/mol. The lowest BCUT2D eigenvalue weighted by atomic mass is 9.88. The largest absolute Gasteiger partial charge is 0.441 e. The molecule has 0 bridgehead atoms. The Hall–Kier alpha value is -2.72. The molecular formula is C17H17FN4O2. The number of primary amides is 1. The first-order valence-electron chi connectivity index (χ1n) is 7.59. The number of carbonyl (C=O) groups is 1. The van der Waals surface area contributed by atoms with Gasteiger partial charge in [-0.1, -0.05) is 0 Å². The van der Waals surface area contributed by atoms with E-state index in [0.29, 0.717) is 36.7 Å². The zero-order valence-electron chi connectivity index (χ0n) is 13.3. The second-order valence-electron chi connectivity index (χ2n) is 6.05. The van der Waals surface area contributed by atoms with Crippen LogP contribution < -0.4 is 5.73 Å². The van der Waals surface area contributed by atoms with Gasteiger partial charge in [-0.3, -0.25) is 9.69 Å². The van der Waals surface area contributed by atoms with Crippen LogP contribution >= 0.6 is 0 Å². The molecule has 2 aromatic rings. The Balaban J connectivity index is 1.77. The van der Waals surface area contributed by atoms with Gasteiger partial charge in [0.15, 0.2) is 0 Å². The lowest BCUT2D eigenvalue weighted by Gasteiger charge is -2.17. The molecule has 0 spiro atoms. The number of amides is 1. The van der Waals surface area contributed by atoms with Crippen LogP contribution in [-0.2, 0) is 11.3 Å². The topological polar surface area (TPSA) is 96.2 Å². The Morgan fingerprint density at radius 3 is 2.79 bits per heavy atom. The number of rotatable bonds is 4. The third-order valence-corrected chi connectivity index (χ3v) is 4.39. The van der Waals surface area contributed by atoms with Crippen LogP contribution in [-0.4, -0.2) is 28.9 Å². The normalized spacial score (nSPS) is 20.9. The fraction of sp³-hybridized carbons (Fsp3) is 0.353. The summed E-state index contributed by atoms with van der Waals surface area (Å²) in [5, 5.41) is 9.26. The monoisotopic (exact) mass is 328 g/mol. The summed E-state index contributed by atoms with van der Waals surface area (Å²) >= 11 is 0. The van der Waals surface area contributed by atoms with Crippen molar-refractivity contribution < 1.29 is 13.6 Å². The standard InChI is InChI=1S/C17H17FN4O2/c1-11-14(8-22-7-6-17(9-19,10-22)16(20)23)21-15(24-11)12-2-4-13(18)5-3-12/h2-5H,6-8,10H2,1H3,(H2,20,23). The van der Waals surface area contributed by atoms with Gasteiger partial charge in [0.1, 0.15) is 17.0 Å². The minimum atomic E-state index is -1.13. The highest BCUT2D eigenvalue weighted by atomic mass is 19.1. The van der Waals surface area contributed by atoms with E-state index >= 15 is 0 Å². The van der Waals surface area contributed by atoms with Gasteiger partial charge < -0.3 is 10.2 Å². The van der Waals surface area contributed by atoms with E-state index in [1.807, 2.05) is 11.0 Å². The number of nitrogens with two attached hydrogens (primary N) is 1. The second kappa shape index (κ2) is 6.06. The summed E-state index contributed by atoms with van der Waals surface area (Å²) < 4.78 is 18.7. The molecule has 124 valence electrons. The van der Waals surface area contributed by atoms with Gasteiger partial charge in [-0.2, -0.15) is 5.26 Å². The van der Waals surface area contributed by atoms with Crippen molar-refractivity contribution in [2.45, 2.75) is 19.9 Å². The maximum absolute atomic E-state index is 13.0. The molecule has 0 aliphatic carbocycles. The van der Waals surface area contributed by atoms with Gasteiger partial charge in [0.05, 0.1) is 11.8 Å². The summed E-state index contributed by atoms with van der Waals surface area (Å²) in [5.74, 6) is 0.168. The fourth-order valence-corrected chi connectivity index (χ4v) is 2.87. The van der Waals surface area contributed by atoms with Crippen LogP contribution in [0.4, 0.5) is 4.39 Å². The number of nitriles is 1. The highest BCUT2D eigenvalue weighted by Crippen LogP contribution is 2.31. The van der Waals surface area contributed by atoms with Gasteiger partial charge in [-0.25, -0.2) is 9.37 Å². The summed E-state index contributed by atoms with van der Waals surface area (Å²) in [6, 6.07) is 7.96. The van der Waals surface area contributed by atoms with E-state index in [0.717, 1.165) is 5.69 Å². The van der Waals surface area contributed by atoms with Crippen molar-refractivity contribution in [1.82, 2.24) is 9.88 Å². The van der Waals surface area contributed by atoms with Crippen molar-refractivity contribution in [3.05, 3.63) is 41.5 Å². The number of benzene rings is 1. The Morgan fingerprint density at radius 1 is 1.50 bits per heavy atom. The van der Waals surface area contributed by atoms with Crippen molar-refractivity contribution >= 4 is 5.91 Å². The molecule has 1 aliphatic rings. The number of halogens is 1. The smallest absolute Gasteiger partial charge is 0.239 e. The molecule has 1 fully saturated rings. The lowest BCUT2D eigenvalue weighted by molar-refractivity contribution is -0.124. The number of hydrogen-bond acceptors (Lipinski definition) is 5. The summed E-state index contributed by atoms with van der Waals surface area (Å²) in [5.41, 5.74) is 5.66. The van der Waals surface area contributed by atoms with E-state index in [1.165, 1.54) is 12.1 Å². The molecule has 1 aliphatic heterocycles. The molecule has 2 N–H and O–H groups in total. The van der Waals surface area contributed by atoms with E-state index in [2.05, 4.69) is 4.98 Å². The van der Waals surface area contributed by atoms with Crippen LogP contribution in [0.1, 0.15) is 17.9 Å². The van der Waals surface area contributed by atoms with Crippen LogP contribution in [0.2, 0.25) is 0 Å². The molecule has 0 saturated carbocycles. The third-order valence-electron chi connectivity index (χ3n) is 4.39. The number of aromatic nitrogens is 1. The Kier molecular flexibility index (Phi) is 4.08. The lowest BCUT2D eigenvalue weighted by Crippen LogP contribution is -2.38. The molecule has 7 heteroatoms. The summed E-state index contributed by atoms with van der Waals surface area (Å²) in [6.07, 6.45) is 0.417. The first kappa shape index (κ1) is 16.1. The average Bonchev–Trinajstić information content (AvgIpc) is 3.14. The molecule has 1 aromatic heterocycles. The van der Waals surface area contributed by atoms with Crippen molar-refractivity contribution in [1.29, 1.82) is 5.26 Å². The predicted molar refractivity (Wildman–Crippen MR) is 83.8 cm³/mol. The molecule has 1 atom stereocenters. The molecule has 24 heavy (non-hydrogen) atoms. The highest BCUT2D eigenvalue weighted by Gasteiger charge is 2.43. The van der Waals surface area contributed by atoms with E-state index in [9.17, 15) is 14.4 Å². The minimum Gasteiger partial charge on any atom is -0.441 e. The summed E-state index contributed by atoms with van der Waals surface area (Å²) in [7, 11) is 0. The first-order chi connectivity index (χ1) is 11.4. The van der Waals surface area contributed by atoms with Crippen LogP contribution in [0, 0.1) is 29.5 Å². The summed E-state index contributed by atoms with van der Waals surface area (Å²) in [4.78, 5) is 18.0. The first-order valence-corrected chi connectivity index (χ1v) is 7.59. The van der Waals surface area contributed by atoms with Gasteiger partial charge in [0, 0.05) is 25.2 Å². The molecule has 1 unspecified atom stereocenters.